The van der Waals surface area contributed by atoms with Gasteiger partial charge in [0.25, 0.3) is 5.95 Å². The molecule has 0 bridgehead atoms. The number of aryl methyl sites for hydroxylation is 2. The average Bonchev–Trinajstić information content (AvgIpc) is 2.79. The van der Waals surface area contributed by atoms with Crippen molar-refractivity contribution in [2.24, 2.45) is 4.99 Å². The number of carbonyl (C=O) groups is 1. The minimum atomic E-state index is -0.371. The zero-order valence-corrected chi connectivity index (χ0v) is 19.4. The molecule has 3 aromatic rings. The van der Waals surface area contributed by atoms with E-state index in [2.05, 4.69) is 30.5 Å². The van der Waals surface area contributed by atoms with Gasteiger partial charge in [-0.15, -0.1) is 0 Å². The van der Waals surface area contributed by atoms with E-state index in [-0.39, 0.29) is 6.03 Å². The number of aromatic nitrogens is 2. The van der Waals surface area contributed by atoms with Crippen molar-refractivity contribution in [3.8, 4) is 0 Å². The monoisotopic (exact) mass is 463 g/mol. The fraction of sp³-hybridized carbons (Fsp3) is 0.250. The van der Waals surface area contributed by atoms with Crippen molar-refractivity contribution in [1.82, 2.24) is 20.2 Å². The molecule has 2 amide bonds. The lowest BCUT2D eigenvalue weighted by atomic mass is 10.2. The molecule has 9 heteroatoms. The van der Waals surface area contributed by atoms with Crippen LogP contribution < -0.4 is 15.5 Å². The van der Waals surface area contributed by atoms with Crippen LogP contribution >= 0.6 is 11.6 Å². The minimum Gasteiger partial charge on any atom is -0.368 e. The second kappa shape index (κ2) is 10.3. The van der Waals surface area contributed by atoms with Gasteiger partial charge in [-0.1, -0.05) is 29.8 Å². The van der Waals surface area contributed by atoms with Crippen molar-refractivity contribution in [3.05, 3.63) is 77.1 Å². The lowest BCUT2D eigenvalue weighted by Crippen LogP contribution is -2.54. The minimum absolute atomic E-state index is 0.322. The summed E-state index contributed by atoms with van der Waals surface area (Å²) in [6, 6.07) is 18.6. The Hall–Kier alpha value is -3.65. The third-order valence-electron chi connectivity index (χ3n) is 5.20. The Morgan fingerprint density at radius 1 is 0.939 bits per heavy atom. The molecule has 0 atom stereocenters. The van der Waals surface area contributed by atoms with Gasteiger partial charge in [0.05, 0.1) is 0 Å². The first-order valence-corrected chi connectivity index (χ1v) is 11.1. The average molecular weight is 464 g/mol. The maximum absolute atomic E-state index is 12.7. The van der Waals surface area contributed by atoms with E-state index >= 15 is 0 Å². The largest absolute Gasteiger partial charge is 0.368 e. The van der Waals surface area contributed by atoms with Gasteiger partial charge in [-0.25, -0.2) is 14.8 Å². The van der Waals surface area contributed by atoms with Crippen LogP contribution in [0.3, 0.4) is 0 Å². The number of benzene rings is 2. The number of amides is 2. The number of piperazine rings is 1. The molecule has 0 saturated carbocycles. The Morgan fingerprint density at radius 3 is 2.21 bits per heavy atom. The molecule has 1 fully saturated rings. The molecule has 33 heavy (non-hydrogen) atoms. The molecule has 0 unspecified atom stereocenters. The topological polar surface area (TPSA) is 85.7 Å². The molecule has 1 aliphatic heterocycles. The van der Waals surface area contributed by atoms with Crippen LogP contribution in [0.1, 0.15) is 11.4 Å². The third kappa shape index (κ3) is 6.20. The number of halogens is 1. The Bertz CT molecular complexity index is 1110. The molecule has 1 aromatic heterocycles. The molecule has 0 radical (unpaired) electrons. The summed E-state index contributed by atoms with van der Waals surface area (Å²) in [5, 5.41) is 6.45. The second-order valence-corrected chi connectivity index (χ2v) is 8.22. The highest BCUT2D eigenvalue weighted by Gasteiger charge is 2.22. The summed E-state index contributed by atoms with van der Waals surface area (Å²) in [6.45, 7) is 6.70. The number of guanidine groups is 1. The van der Waals surface area contributed by atoms with Crippen LogP contribution in [0.25, 0.3) is 0 Å². The molecule has 2 heterocycles. The quantitative estimate of drug-likeness (QED) is 0.444. The van der Waals surface area contributed by atoms with Crippen molar-refractivity contribution in [2.75, 3.05) is 36.4 Å². The molecule has 1 saturated heterocycles. The highest BCUT2D eigenvalue weighted by Crippen LogP contribution is 2.20. The van der Waals surface area contributed by atoms with E-state index < -0.39 is 0 Å². The number of rotatable bonds is 3. The number of hydrogen-bond donors (Lipinski definition) is 2. The Kier molecular flexibility index (Phi) is 7.04. The number of para-hydroxylation sites is 1. The molecule has 170 valence electrons. The van der Waals surface area contributed by atoms with E-state index in [0.717, 1.165) is 30.2 Å². The van der Waals surface area contributed by atoms with Crippen LogP contribution in [-0.2, 0) is 0 Å². The summed E-state index contributed by atoms with van der Waals surface area (Å²) >= 11 is 6.02. The van der Waals surface area contributed by atoms with Crippen molar-refractivity contribution >= 4 is 40.9 Å². The molecule has 4 rings (SSSR count). The maximum atomic E-state index is 12.7. The van der Waals surface area contributed by atoms with Crippen molar-refractivity contribution < 1.29 is 4.79 Å². The number of nitrogens with zero attached hydrogens (tertiary/aromatic N) is 5. The molecular formula is C24H26ClN7O. The molecular weight excluding hydrogens is 438 g/mol. The smallest absolute Gasteiger partial charge is 0.326 e. The normalized spacial score (nSPS) is 14.2. The van der Waals surface area contributed by atoms with E-state index in [1.165, 1.54) is 0 Å². The van der Waals surface area contributed by atoms with E-state index in [1.807, 2.05) is 79.4 Å². The van der Waals surface area contributed by atoms with E-state index in [9.17, 15) is 4.79 Å². The lowest BCUT2D eigenvalue weighted by molar-refractivity contribution is 0.254. The molecule has 2 aromatic carbocycles. The lowest BCUT2D eigenvalue weighted by Gasteiger charge is -2.37. The third-order valence-corrected chi connectivity index (χ3v) is 5.46. The van der Waals surface area contributed by atoms with Gasteiger partial charge in [-0.05, 0) is 56.3 Å². The van der Waals surface area contributed by atoms with Gasteiger partial charge < -0.3 is 15.1 Å². The van der Waals surface area contributed by atoms with Gasteiger partial charge in [0, 0.05) is 54.0 Å². The van der Waals surface area contributed by atoms with E-state index in [4.69, 9.17) is 11.6 Å². The van der Waals surface area contributed by atoms with E-state index in [1.54, 1.807) is 0 Å². The number of anilines is 2. The Balaban J connectivity index is 1.51. The highest BCUT2D eigenvalue weighted by molar-refractivity contribution is 6.30. The number of hydrogen-bond acceptors (Lipinski definition) is 5. The summed E-state index contributed by atoms with van der Waals surface area (Å²) in [4.78, 5) is 30.5. The maximum Gasteiger partial charge on any atom is 0.326 e. The number of carbonyl (C=O) groups excluding carboxylic acids is 1. The number of urea groups is 1. The highest BCUT2D eigenvalue weighted by atomic mass is 35.5. The second-order valence-electron chi connectivity index (χ2n) is 7.78. The first-order valence-electron chi connectivity index (χ1n) is 10.8. The fourth-order valence-corrected chi connectivity index (χ4v) is 3.77. The molecule has 2 N–H and O–H groups in total. The van der Waals surface area contributed by atoms with Crippen molar-refractivity contribution in [1.29, 1.82) is 0 Å². The predicted molar refractivity (Wildman–Crippen MR) is 132 cm³/mol. The first kappa shape index (κ1) is 22.5. The Labute approximate surface area is 198 Å². The Morgan fingerprint density at radius 2 is 1.58 bits per heavy atom. The van der Waals surface area contributed by atoms with Gasteiger partial charge in [-0.3, -0.25) is 5.32 Å². The van der Waals surface area contributed by atoms with Crippen LogP contribution in [-0.4, -0.2) is 53.0 Å². The van der Waals surface area contributed by atoms with Crippen molar-refractivity contribution in [3.63, 3.8) is 0 Å². The van der Waals surface area contributed by atoms with Gasteiger partial charge >= 0.3 is 6.03 Å². The van der Waals surface area contributed by atoms with Gasteiger partial charge in [-0.2, -0.15) is 4.99 Å². The summed E-state index contributed by atoms with van der Waals surface area (Å²) in [6.07, 6.45) is 0. The molecule has 0 aliphatic carbocycles. The van der Waals surface area contributed by atoms with Crippen molar-refractivity contribution in [2.45, 2.75) is 13.8 Å². The zero-order valence-electron chi connectivity index (χ0n) is 18.6. The molecule has 8 nitrogen and oxygen atoms in total. The zero-order chi connectivity index (χ0) is 23.2. The summed E-state index contributed by atoms with van der Waals surface area (Å²) in [7, 11) is 0. The molecule has 1 aliphatic rings. The van der Waals surface area contributed by atoms with Crippen LogP contribution in [0.15, 0.2) is 65.7 Å². The van der Waals surface area contributed by atoms with Crippen LogP contribution in [0.4, 0.5) is 22.1 Å². The SMILES string of the molecule is Cc1cc(C)nc(/N=C(\NC(=O)Nc2ccccc2)N2CCN(c3ccc(Cl)cc3)CC2)n1. The summed E-state index contributed by atoms with van der Waals surface area (Å²) in [5.41, 5.74) is 3.46. The van der Waals surface area contributed by atoms with Crippen LogP contribution in [0, 0.1) is 13.8 Å². The number of nitrogens with one attached hydrogen (secondary N) is 2. The summed E-state index contributed by atoms with van der Waals surface area (Å²) in [5.74, 6) is 0.742. The number of aliphatic imine (C=N–C) groups is 1. The first-order chi connectivity index (χ1) is 16.0. The van der Waals surface area contributed by atoms with Crippen LogP contribution in [0.5, 0.6) is 0 Å². The standard InChI is InChI=1S/C24H26ClN7O/c1-17-16-18(2)27-22(26-17)29-23(30-24(33)28-20-6-4-3-5-7-20)32-14-12-31(13-15-32)21-10-8-19(25)9-11-21/h3-11,16H,12-15H2,1-2H3,(H2,26,27,28,29,30,33). The fourth-order valence-electron chi connectivity index (χ4n) is 3.64. The molecule has 0 spiro atoms. The predicted octanol–water partition coefficient (Wildman–Crippen LogP) is 4.38. The van der Waals surface area contributed by atoms with E-state index in [0.29, 0.717) is 35.7 Å². The summed E-state index contributed by atoms with van der Waals surface area (Å²) < 4.78 is 0. The van der Waals surface area contributed by atoms with Crippen LogP contribution in [0.2, 0.25) is 5.02 Å². The van der Waals surface area contributed by atoms with Gasteiger partial charge in [0.2, 0.25) is 5.96 Å². The van der Waals surface area contributed by atoms with Gasteiger partial charge in [0.15, 0.2) is 0 Å². The van der Waals surface area contributed by atoms with Gasteiger partial charge in [0.1, 0.15) is 0 Å².